The lowest BCUT2D eigenvalue weighted by Gasteiger charge is -2.07. The zero-order valence-electron chi connectivity index (χ0n) is 11.0. The van der Waals surface area contributed by atoms with Crippen LogP contribution >= 0.6 is 0 Å². The fourth-order valence-electron chi connectivity index (χ4n) is 1.52. The molecule has 0 aliphatic rings. The molecule has 0 fully saturated rings. The maximum Gasteiger partial charge on any atom is 0.221 e. The average molecular weight is 248 g/mol. The largest absolute Gasteiger partial charge is 0.385 e. The summed E-state index contributed by atoms with van der Waals surface area (Å²) >= 11 is 0. The Morgan fingerprint density at radius 2 is 2.00 bits per heavy atom. The molecule has 1 aromatic rings. The van der Waals surface area contributed by atoms with Crippen molar-refractivity contribution in [2.45, 2.75) is 26.7 Å². The van der Waals surface area contributed by atoms with Gasteiger partial charge in [0.2, 0.25) is 5.91 Å². The number of carbonyl (C=O) groups is 2. The van der Waals surface area contributed by atoms with E-state index in [4.69, 9.17) is 0 Å². The molecule has 1 rings (SSSR count). The van der Waals surface area contributed by atoms with E-state index in [2.05, 4.69) is 10.6 Å². The summed E-state index contributed by atoms with van der Waals surface area (Å²) in [6.07, 6.45) is 1.38. The minimum absolute atomic E-state index is 0.0411. The molecule has 2 N–H and O–H groups in total. The zero-order valence-corrected chi connectivity index (χ0v) is 11.0. The number of anilines is 1. The Kier molecular flexibility index (Phi) is 5.91. The fourth-order valence-corrected chi connectivity index (χ4v) is 1.52. The second-order valence-electron chi connectivity index (χ2n) is 4.16. The van der Waals surface area contributed by atoms with Gasteiger partial charge in [-0.1, -0.05) is 19.1 Å². The molecular formula is C14H20N2O2. The zero-order chi connectivity index (χ0) is 13.4. The van der Waals surface area contributed by atoms with Crippen LogP contribution in [-0.4, -0.2) is 24.8 Å². The van der Waals surface area contributed by atoms with Gasteiger partial charge in [0, 0.05) is 30.8 Å². The summed E-state index contributed by atoms with van der Waals surface area (Å²) in [5.74, 6) is 0.0893. The average Bonchev–Trinajstić information content (AvgIpc) is 2.36. The van der Waals surface area contributed by atoms with Crippen LogP contribution in [0.1, 0.15) is 37.0 Å². The third kappa shape index (κ3) is 4.99. The standard InChI is InChI=1S/C14H20N2O2/c1-3-8-16-14(18)7-9-15-13-6-4-5-12(10-13)11(2)17/h4-6,10,15H,3,7-9H2,1-2H3,(H,16,18). The molecular weight excluding hydrogens is 228 g/mol. The van der Waals surface area contributed by atoms with Crippen molar-refractivity contribution in [3.05, 3.63) is 29.8 Å². The number of nitrogens with one attached hydrogen (secondary N) is 2. The highest BCUT2D eigenvalue weighted by molar-refractivity contribution is 5.94. The maximum absolute atomic E-state index is 11.4. The topological polar surface area (TPSA) is 58.2 Å². The van der Waals surface area contributed by atoms with Crippen molar-refractivity contribution < 1.29 is 9.59 Å². The summed E-state index contributed by atoms with van der Waals surface area (Å²) in [5.41, 5.74) is 1.54. The molecule has 1 aromatic carbocycles. The van der Waals surface area contributed by atoms with Crippen LogP contribution in [0.5, 0.6) is 0 Å². The quantitative estimate of drug-likeness (QED) is 0.727. The van der Waals surface area contributed by atoms with Crippen molar-refractivity contribution >= 4 is 17.4 Å². The Morgan fingerprint density at radius 3 is 2.67 bits per heavy atom. The lowest BCUT2D eigenvalue weighted by Crippen LogP contribution is -2.25. The highest BCUT2D eigenvalue weighted by atomic mass is 16.1. The molecule has 0 aromatic heterocycles. The van der Waals surface area contributed by atoms with E-state index in [0.29, 0.717) is 18.5 Å². The van der Waals surface area contributed by atoms with Crippen molar-refractivity contribution in [1.82, 2.24) is 5.32 Å². The van der Waals surface area contributed by atoms with Crippen LogP contribution in [0.25, 0.3) is 0 Å². The minimum atomic E-state index is 0.0411. The maximum atomic E-state index is 11.4. The van der Waals surface area contributed by atoms with E-state index in [1.54, 1.807) is 12.1 Å². The Hall–Kier alpha value is -1.84. The van der Waals surface area contributed by atoms with Gasteiger partial charge in [-0.05, 0) is 25.5 Å². The first-order valence-corrected chi connectivity index (χ1v) is 6.25. The van der Waals surface area contributed by atoms with Gasteiger partial charge in [0.25, 0.3) is 0 Å². The molecule has 0 spiro atoms. The molecule has 0 bridgehead atoms. The van der Waals surface area contributed by atoms with Crippen LogP contribution in [0, 0.1) is 0 Å². The number of ketones is 1. The van der Waals surface area contributed by atoms with E-state index >= 15 is 0 Å². The highest BCUT2D eigenvalue weighted by Crippen LogP contribution is 2.10. The molecule has 98 valence electrons. The van der Waals surface area contributed by atoms with Gasteiger partial charge in [0.1, 0.15) is 0 Å². The molecule has 18 heavy (non-hydrogen) atoms. The van der Waals surface area contributed by atoms with Crippen molar-refractivity contribution in [2.24, 2.45) is 0 Å². The van der Waals surface area contributed by atoms with Crippen LogP contribution in [0.4, 0.5) is 5.69 Å². The van der Waals surface area contributed by atoms with Crippen LogP contribution in [0.3, 0.4) is 0 Å². The Labute approximate surface area is 108 Å². The van der Waals surface area contributed by atoms with E-state index in [0.717, 1.165) is 18.7 Å². The molecule has 0 radical (unpaired) electrons. The van der Waals surface area contributed by atoms with Gasteiger partial charge in [-0.2, -0.15) is 0 Å². The van der Waals surface area contributed by atoms with Gasteiger partial charge in [0.05, 0.1) is 0 Å². The van der Waals surface area contributed by atoms with Crippen molar-refractivity contribution in [2.75, 3.05) is 18.4 Å². The lowest BCUT2D eigenvalue weighted by molar-refractivity contribution is -0.120. The van der Waals surface area contributed by atoms with Gasteiger partial charge in [-0.25, -0.2) is 0 Å². The fraction of sp³-hybridized carbons (Fsp3) is 0.429. The number of amides is 1. The van der Waals surface area contributed by atoms with Gasteiger partial charge < -0.3 is 10.6 Å². The molecule has 4 nitrogen and oxygen atoms in total. The number of hydrogen-bond donors (Lipinski definition) is 2. The summed E-state index contributed by atoms with van der Waals surface area (Å²) < 4.78 is 0. The molecule has 4 heteroatoms. The first-order valence-electron chi connectivity index (χ1n) is 6.25. The van der Waals surface area contributed by atoms with E-state index in [1.165, 1.54) is 6.92 Å². The second-order valence-corrected chi connectivity index (χ2v) is 4.16. The van der Waals surface area contributed by atoms with E-state index in [-0.39, 0.29) is 11.7 Å². The summed E-state index contributed by atoms with van der Waals surface area (Å²) in [7, 11) is 0. The smallest absolute Gasteiger partial charge is 0.221 e. The number of benzene rings is 1. The molecule has 0 heterocycles. The number of Topliss-reactive ketones (excluding diaryl/α,β-unsaturated/α-hetero) is 1. The normalized spacial score (nSPS) is 9.89. The summed E-state index contributed by atoms with van der Waals surface area (Å²) in [6, 6.07) is 7.29. The number of rotatable bonds is 7. The molecule has 0 saturated carbocycles. The Bertz CT molecular complexity index is 416. The van der Waals surface area contributed by atoms with E-state index in [1.807, 2.05) is 19.1 Å². The van der Waals surface area contributed by atoms with E-state index in [9.17, 15) is 9.59 Å². The van der Waals surface area contributed by atoms with Crippen molar-refractivity contribution in [3.63, 3.8) is 0 Å². The Balaban J connectivity index is 2.37. The Morgan fingerprint density at radius 1 is 1.22 bits per heavy atom. The van der Waals surface area contributed by atoms with Crippen LogP contribution in [0.2, 0.25) is 0 Å². The van der Waals surface area contributed by atoms with Crippen molar-refractivity contribution in [1.29, 1.82) is 0 Å². The van der Waals surface area contributed by atoms with Gasteiger partial charge in [-0.15, -0.1) is 0 Å². The first-order chi connectivity index (χ1) is 8.63. The van der Waals surface area contributed by atoms with Gasteiger partial charge in [0.15, 0.2) is 5.78 Å². The van der Waals surface area contributed by atoms with Crippen LogP contribution < -0.4 is 10.6 Å². The minimum Gasteiger partial charge on any atom is -0.385 e. The lowest BCUT2D eigenvalue weighted by atomic mass is 10.1. The molecule has 0 unspecified atom stereocenters. The molecule has 0 aliphatic heterocycles. The van der Waals surface area contributed by atoms with Crippen LogP contribution in [-0.2, 0) is 4.79 Å². The monoisotopic (exact) mass is 248 g/mol. The second kappa shape index (κ2) is 7.48. The van der Waals surface area contributed by atoms with Crippen molar-refractivity contribution in [3.8, 4) is 0 Å². The summed E-state index contributed by atoms with van der Waals surface area (Å²) in [4.78, 5) is 22.6. The number of carbonyl (C=O) groups excluding carboxylic acids is 2. The molecule has 0 aliphatic carbocycles. The third-order valence-corrected chi connectivity index (χ3v) is 2.52. The number of hydrogen-bond acceptors (Lipinski definition) is 3. The summed E-state index contributed by atoms with van der Waals surface area (Å²) in [5, 5.41) is 5.95. The van der Waals surface area contributed by atoms with E-state index < -0.39 is 0 Å². The SMILES string of the molecule is CCCNC(=O)CCNc1cccc(C(C)=O)c1. The predicted octanol–water partition coefficient (Wildman–Crippen LogP) is 2.22. The molecule has 1 amide bonds. The third-order valence-electron chi connectivity index (χ3n) is 2.52. The van der Waals surface area contributed by atoms with Gasteiger partial charge in [-0.3, -0.25) is 9.59 Å². The highest BCUT2D eigenvalue weighted by Gasteiger charge is 2.02. The molecule has 0 atom stereocenters. The first kappa shape index (κ1) is 14.2. The molecule has 0 saturated heterocycles. The summed E-state index contributed by atoms with van der Waals surface area (Å²) in [6.45, 7) is 4.85. The predicted molar refractivity (Wildman–Crippen MR) is 72.9 cm³/mol. The van der Waals surface area contributed by atoms with Gasteiger partial charge >= 0.3 is 0 Å². The van der Waals surface area contributed by atoms with Crippen LogP contribution in [0.15, 0.2) is 24.3 Å².